The van der Waals surface area contributed by atoms with Crippen molar-refractivity contribution in [3.63, 3.8) is 0 Å². The number of hydrogen-bond donors (Lipinski definition) is 1. The number of piperidine rings is 1. The highest BCUT2D eigenvalue weighted by atomic mass is 16.1. The second-order valence-electron chi connectivity index (χ2n) is 7.77. The highest BCUT2D eigenvalue weighted by molar-refractivity contribution is 5.97. The van der Waals surface area contributed by atoms with Crippen molar-refractivity contribution < 1.29 is 4.79 Å². The number of ketones is 1. The lowest BCUT2D eigenvalue weighted by Gasteiger charge is -2.26. The van der Waals surface area contributed by atoms with Crippen LogP contribution in [0.4, 0.5) is 0 Å². The molecule has 1 N–H and O–H groups in total. The molecule has 0 saturated carbocycles. The number of fused-ring (bicyclic) bond motifs is 1. The van der Waals surface area contributed by atoms with Crippen LogP contribution in [0.15, 0.2) is 67.4 Å². The highest BCUT2D eigenvalue weighted by Crippen LogP contribution is 2.33. The van der Waals surface area contributed by atoms with Crippen LogP contribution < -0.4 is 0 Å². The van der Waals surface area contributed by atoms with Gasteiger partial charge in [-0.1, -0.05) is 42.5 Å². The molecule has 1 aliphatic rings. The van der Waals surface area contributed by atoms with Gasteiger partial charge in [-0.3, -0.25) is 9.69 Å². The van der Waals surface area contributed by atoms with Crippen LogP contribution in [0, 0.1) is 0 Å². The van der Waals surface area contributed by atoms with Crippen molar-refractivity contribution >= 4 is 16.6 Å². The van der Waals surface area contributed by atoms with E-state index in [1.807, 2.05) is 6.20 Å². The molecule has 29 heavy (non-hydrogen) atoms. The summed E-state index contributed by atoms with van der Waals surface area (Å²) in [5, 5.41) is 2.52. The van der Waals surface area contributed by atoms with Gasteiger partial charge in [0.25, 0.3) is 0 Å². The Hall–Kier alpha value is -3.18. The van der Waals surface area contributed by atoms with Crippen molar-refractivity contribution in [3.05, 3.63) is 78.6 Å². The number of carbonyl (C=O) groups is 1. The lowest BCUT2D eigenvalue weighted by molar-refractivity contribution is -0.121. The quantitative estimate of drug-likeness (QED) is 0.560. The molecule has 0 radical (unpaired) electrons. The Morgan fingerprint density at radius 3 is 2.59 bits per heavy atom. The van der Waals surface area contributed by atoms with Crippen LogP contribution in [0.25, 0.3) is 21.9 Å². The van der Waals surface area contributed by atoms with Crippen molar-refractivity contribution in [3.8, 4) is 11.1 Å². The molecule has 5 heteroatoms. The van der Waals surface area contributed by atoms with Crippen LogP contribution in [0.2, 0.25) is 0 Å². The van der Waals surface area contributed by atoms with E-state index in [1.54, 1.807) is 6.33 Å². The van der Waals surface area contributed by atoms with Gasteiger partial charge in [0.1, 0.15) is 5.78 Å². The minimum Gasteiger partial charge on any atom is -0.351 e. The lowest BCUT2D eigenvalue weighted by Crippen LogP contribution is -2.33. The number of benzene rings is 2. The predicted octanol–water partition coefficient (Wildman–Crippen LogP) is 4.24. The van der Waals surface area contributed by atoms with Gasteiger partial charge < -0.3 is 9.55 Å². The molecule has 0 aliphatic carbocycles. The van der Waals surface area contributed by atoms with Crippen LogP contribution >= 0.6 is 0 Å². The van der Waals surface area contributed by atoms with Crippen molar-refractivity contribution in [2.45, 2.75) is 25.9 Å². The van der Waals surface area contributed by atoms with Crippen molar-refractivity contribution in [2.75, 3.05) is 13.1 Å². The summed E-state index contributed by atoms with van der Waals surface area (Å²) >= 11 is 0. The molecule has 1 saturated heterocycles. The Bertz CT molecular complexity index is 1130. The second kappa shape index (κ2) is 7.68. The van der Waals surface area contributed by atoms with E-state index < -0.39 is 0 Å². The normalized spacial score (nSPS) is 15.2. The third-order valence-corrected chi connectivity index (χ3v) is 5.75. The molecule has 0 spiro atoms. The van der Waals surface area contributed by atoms with Crippen LogP contribution in [0.1, 0.15) is 24.1 Å². The van der Waals surface area contributed by atoms with Gasteiger partial charge in [-0.25, -0.2) is 4.98 Å². The molecule has 0 unspecified atom stereocenters. The zero-order chi connectivity index (χ0) is 19.6. The number of nitrogens with zero attached hydrogens (tertiary/aromatic N) is 3. The average Bonchev–Trinajstić information content (AvgIpc) is 3.39. The van der Waals surface area contributed by atoms with E-state index in [1.165, 1.54) is 27.5 Å². The Morgan fingerprint density at radius 1 is 0.931 bits per heavy atom. The molecule has 5 nitrogen and oxygen atoms in total. The monoisotopic (exact) mass is 384 g/mol. The summed E-state index contributed by atoms with van der Waals surface area (Å²) in [6, 6.07) is 15.0. The molecule has 2 aromatic heterocycles. The topological polar surface area (TPSA) is 53.9 Å². The molecule has 0 atom stereocenters. The fourth-order valence-electron chi connectivity index (χ4n) is 4.24. The van der Waals surface area contributed by atoms with E-state index in [9.17, 15) is 4.79 Å². The third-order valence-electron chi connectivity index (χ3n) is 5.75. The van der Waals surface area contributed by atoms with Crippen LogP contribution in [0.5, 0.6) is 0 Å². The van der Waals surface area contributed by atoms with Gasteiger partial charge in [-0.15, -0.1) is 0 Å². The van der Waals surface area contributed by atoms with E-state index in [0.29, 0.717) is 18.6 Å². The van der Waals surface area contributed by atoms with Crippen molar-refractivity contribution in [1.29, 1.82) is 0 Å². The molecule has 146 valence electrons. The Labute approximate surface area is 170 Å². The number of aromatic nitrogens is 3. The predicted molar refractivity (Wildman–Crippen MR) is 115 cm³/mol. The van der Waals surface area contributed by atoms with Gasteiger partial charge in [-0.2, -0.15) is 0 Å². The number of nitrogens with one attached hydrogen (secondary N) is 1. The summed E-state index contributed by atoms with van der Waals surface area (Å²) in [6.45, 7) is 3.29. The summed E-state index contributed by atoms with van der Waals surface area (Å²) in [5.74, 6) is 0.381. The molecule has 1 aliphatic heterocycles. The SMILES string of the molecule is O=C1CCN(Cc2cn(Cc3c[nH]cn3)cc2-c2cccc3ccccc23)CC1. The first-order chi connectivity index (χ1) is 14.3. The van der Waals surface area contributed by atoms with Crippen LogP contribution in [0.3, 0.4) is 0 Å². The second-order valence-corrected chi connectivity index (χ2v) is 7.77. The zero-order valence-corrected chi connectivity index (χ0v) is 16.3. The molecule has 5 rings (SSSR count). The number of carbonyl (C=O) groups excluding carboxylic acids is 1. The summed E-state index contributed by atoms with van der Waals surface area (Å²) in [7, 11) is 0. The molecule has 0 amide bonds. The largest absolute Gasteiger partial charge is 0.351 e. The fraction of sp³-hybridized carbons (Fsp3) is 0.250. The first-order valence-electron chi connectivity index (χ1n) is 10.1. The number of hydrogen-bond acceptors (Lipinski definition) is 3. The van der Waals surface area contributed by atoms with Gasteiger partial charge in [0.15, 0.2) is 0 Å². The van der Waals surface area contributed by atoms with Crippen LogP contribution in [-0.2, 0) is 17.9 Å². The summed E-state index contributed by atoms with van der Waals surface area (Å²) in [5.41, 5.74) is 4.83. The molecular formula is C24H24N4O. The molecule has 2 aromatic carbocycles. The van der Waals surface area contributed by atoms with Gasteiger partial charge in [0.05, 0.1) is 18.6 Å². The first kappa shape index (κ1) is 17.9. The maximum Gasteiger partial charge on any atom is 0.135 e. The number of Topliss-reactive ketones (excluding diaryl/α,β-unsaturated/α-hetero) is 1. The van der Waals surface area contributed by atoms with E-state index in [2.05, 4.69) is 74.3 Å². The lowest BCUT2D eigenvalue weighted by atomic mass is 9.97. The Kier molecular flexibility index (Phi) is 4.74. The van der Waals surface area contributed by atoms with Gasteiger partial charge in [-0.05, 0) is 21.9 Å². The van der Waals surface area contributed by atoms with Gasteiger partial charge >= 0.3 is 0 Å². The Balaban J connectivity index is 1.54. The molecule has 0 bridgehead atoms. The Morgan fingerprint density at radius 2 is 1.76 bits per heavy atom. The van der Waals surface area contributed by atoms with E-state index in [4.69, 9.17) is 0 Å². The number of aromatic amines is 1. The summed E-state index contributed by atoms with van der Waals surface area (Å²) in [6.07, 6.45) is 9.46. The van der Waals surface area contributed by atoms with Gasteiger partial charge in [0, 0.05) is 56.6 Å². The van der Waals surface area contributed by atoms with Gasteiger partial charge in [0.2, 0.25) is 0 Å². The number of likely N-dealkylation sites (tertiary alicyclic amines) is 1. The van der Waals surface area contributed by atoms with E-state index in [0.717, 1.165) is 31.9 Å². The van der Waals surface area contributed by atoms with E-state index >= 15 is 0 Å². The number of H-pyrrole nitrogens is 1. The van der Waals surface area contributed by atoms with Crippen LogP contribution in [-0.4, -0.2) is 38.3 Å². The average molecular weight is 384 g/mol. The molecular weight excluding hydrogens is 360 g/mol. The third kappa shape index (κ3) is 3.74. The van der Waals surface area contributed by atoms with E-state index in [-0.39, 0.29) is 0 Å². The smallest absolute Gasteiger partial charge is 0.135 e. The molecule has 3 heterocycles. The minimum absolute atomic E-state index is 0.381. The summed E-state index contributed by atoms with van der Waals surface area (Å²) in [4.78, 5) is 21.4. The highest BCUT2D eigenvalue weighted by Gasteiger charge is 2.19. The molecule has 4 aromatic rings. The first-order valence-corrected chi connectivity index (χ1v) is 10.1. The maximum atomic E-state index is 11.6. The van der Waals surface area contributed by atoms with Crippen molar-refractivity contribution in [2.24, 2.45) is 0 Å². The molecule has 1 fully saturated rings. The zero-order valence-electron chi connectivity index (χ0n) is 16.3. The standard InChI is InChI=1S/C24H24N4O/c29-21-8-10-27(11-9-21)13-19-14-28(15-20-12-25-17-26-20)16-24(19)23-7-3-5-18-4-1-2-6-22(18)23/h1-7,12,14,16-17H,8-11,13,15H2,(H,25,26). The maximum absolute atomic E-state index is 11.6. The number of rotatable bonds is 5. The summed E-state index contributed by atoms with van der Waals surface area (Å²) < 4.78 is 2.22. The number of imidazole rings is 1. The fourth-order valence-corrected chi connectivity index (χ4v) is 4.24. The minimum atomic E-state index is 0.381. The van der Waals surface area contributed by atoms with Crippen molar-refractivity contribution in [1.82, 2.24) is 19.4 Å².